The first kappa shape index (κ1) is 15.3. The van der Waals surface area contributed by atoms with Gasteiger partial charge in [0.25, 0.3) is 0 Å². The zero-order valence-corrected chi connectivity index (χ0v) is 12.4. The summed E-state index contributed by atoms with van der Waals surface area (Å²) in [7, 11) is 0. The van der Waals surface area contributed by atoms with Crippen LogP contribution in [0.1, 0.15) is 27.2 Å². The normalized spacial score (nSPS) is 18.3. The maximum Gasteiger partial charge on any atom is 0.0365 e. The number of hydrogen-bond donors (Lipinski definition) is 0. The molecule has 0 amide bonds. The van der Waals surface area contributed by atoms with Crippen LogP contribution in [-0.2, 0) is 0 Å². The average molecular weight is 255 g/mol. The molecule has 0 radical (unpaired) electrons. The van der Waals surface area contributed by atoms with E-state index in [9.17, 15) is 0 Å². The SMILES string of the molecule is C=C/C(=C\C)N1CC=C(C=CC(/C=C\C)=C/C)CC1. The van der Waals surface area contributed by atoms with Crippen LogP contribution in [0.15, 0.2) is 72.0 Å². The van der Waals surface area contributed by atoms with Gasteiger partial charge in [0, 0.05) is 18.8 Å². The van der Waals surface area contributed by atoms with Gasteiger partial charge in [-0.15, -0.1) is 0 Å². The second-order valence-electron chi connectivity index (χ2n) is 4.51. The van der Waals surface area contributed by atoms with Crippen molar-refractivity contribution in [2.24, 2.45) is 0 Å². The fraction of sp³-hybridized carbons (Fsp3) is 0.333. The Hall–Kier alpha value is -1.76. The van der Waals surface area contributed by atoms with Crippen LogP contribution in [0, 0.1) is 0 Å². The lowest BCUT2D eigenvalue weighted by Gasteiger charge is -2.28. The molecule has 1 aliphatic heterocycles. The van der Waals surface area contributed by atoms with Gasteiger partial charge in [0.15, 0.2) is 0 Å². The third-order valence-electron chi connectivity index (χ3n) is 3.30. The summed E-state index contributed by atoms with van der Waals surface area (Å²) >= 11 is 0. The molecule has 102 valence electrons. The van der Waals surface area contributed by atoms with Crippen molar-refractivity contribution in [2.45, 2.75) is 27.2 Å². The molecule has 0 bridgehead atoms. The third-order valence-corrected chi connectivity index (χ3v) is 3.30. The summed E-state index contributed by atoms with van der Waals surface area (Å²) in [5.74, 6) is 0. The Bertz CT molecular complexity index is 444. The molecule has 0 aromatic carbocycles. The Morgan fingerprint density at radius 1 is 1.21 bits per heavy atom. The highest BCUT2D eigenvalue weighted by molar-refractivity contribution is 5.35. The molecule has 0 atom stereocenters. The maximum atomic E-state index is 3.86. The van der Waals surface area contributed by atoms with Crippen LogP contribution < -0.4 is 0 Å². The molecule has 0 aromatic heterocycles. The Morgan fingerprint density at radius 3 is 2.47 bits per heavy atom. The van der Waals surface area contributed by atoms with Crippen LogP contribution >= 0.6 is 0 Å². The summed E-state index contributed by atoms with van der Waals surface area (Å²) in [5.41, 5.74) is 3.90. The topological polar surface area (TPSA) is 3.24 Å². The Morgan fingerprint density at radius 2 is 2.00 bits per heavy atom. The second kappa shape index (κ2) is 8.36. The van der Waals surface area contributed by atoms with Crippen molar-refractivity contribution >= 4 is 0 Å². The zero-order valence-electron chi connectivity index (χ0n) is 12.4. The molecule has 0 aromatic rings. The van der Waals surface area contributed by atoms with Gasteiger partial charge in [-0.2, -0.15) is 0 Å². The largest absolute Gasteiger partial charge is 0.368 e. The molecular weight excluding hydrogens is 230 g/mol. The predicted octanol–water partition coefficient (Wildman–Crippen LogP) is 4.79. The molecule has 1 heterocycles. The molecule has 1 nitrogen and oxygen atoms in total. The second-order valence-corrected chi connectivity index (χ2v) is 4.51. The van der Waals surface area contributed by atoms with Crippen molar-refractivity contribution in [2.75, 3.05) is 13.1 Å². The van der Waals surface area contributed by atoms with Gasteiger partial charge >= 0.3 is 0 Å². The first-order valence-corrected chi connectivity index (χ1v) is 6.95. The van der Waals surface area contributed by atoms with Crippen molar-refractivity contribution in [3.63, 3.8) is 0 Å². The lowest BCUT2D eigenvalue weighted by molar-refractivity contribution is 0.381. The molecule has 0 unspecified atom stereocenters. The molecule has 1 rings (SSSR count). The van der Waals surface area contributed by atoms with E-state index in [0.717, 1.165) is 19.5 Å². The van der Waals surface area contributed by atoms with E-state index in [4.69, 9.17) is 0 Å². The van der Waals surface area contributed by atoms with Gasteiger partial charge in [-0.25, -0.2) is 0 Å². The summed E-state index contributed by atoms with van der Waals surface area (Å²) < 4.78 is 0. The number of hydrogen-bond acceptors (Lipinski definition) is 1. The monoisotopic (exact) mass is 255 g/mol. The highest BCUT2D eigenvalue weighted by atomic mass is 15.1. The quantitative estimate of drug-likeness (QED) is 0.639. The smallest absolute Gasteiger partial charge is 0.0365 e. The summed E-state index contributed by atoms with van der Waals surface area (Å²) in [5, 5.41) is 0. The van der Waals surface area contributed by atoms with Gasteiger partial charge in [0.05, 0.1) is 0 Å². The van der Waals surface area contributed by atoms with Crippen molar-refractivity contribution < 1.29 is 0 Å². The predicted molar refractivity (Wildman–Crippen MR) is 85.9 cm³/mol. The first-order chi connectivity index (χ1) is 9.24. The minimum atomic E-state index is 0.972. The number of nitrogens with zero attached hydrogens (tertiary/aromatic N) is 1. The van der Waals surface area contributed by atoms with Gasteiger partial charge < -0.3 is 4.90 Å². The van der Waals surface area contributed by atoms with E-state index in [-0.39, 0.29) is 0 Å². The lowest BCUT2D eigenvalue weighted by Crippen LogP contribution is -2.27. The molecular formula is C18H25N. The standard InChI is InChI=1S/C18H25N/c1-5-9-16(6-2)10-11-17-12-14-19(15-13-17)18(7-3)8-4/h5-12H,3,13-15H2,1-2,4H3/b9-5-,11-10?,16-6+,18-8+. The fourth-order valence-corrected chi connectivity index (χ4v) is 2.14. The fourth-order valence-electron chi connectivity index (χ4n) is 2.14. The molecule has 0 fully saturated rings. The van der Waals surface area contributed by atoms with Crippen LogP contribution in [-0.4, -0.2) is 18.0 Å². The molecule has 0 saturated carbocycles. The Labute approximate surface area is 118 Å². The minimum Gasteiger partial charge on any atom is -0.368 e. The van der Waals surface area contributed by atoms with E-state index < -0.39 is 0 Å². The van der Waals surface area contributed by atoms with Gasteiger partial charge in [-0.05, 0) is 44.4 Å². The molecule has 19 heavy (non-hydrogen) atoms. The first-order valence-electron chi connectivity index (χ1n) is 6.95. The zero-order chi connectivity index (χ0) is 14.1. The number of rotatable bonds is 5. The van der Waals surface area contributed by atoms with E-state index >= 15 is 0 Å². The Balaban J connectivity index is 2.65. The van der Waals surface area contributed by atoms with Crippen molar-refractivity contribution in [1.29, 1.82) is 0 Å². The van der Waals surface area contributed by atoms with Crippen LogP contribution in [0.4, 0.5) is 0 Å². The highest BCUT2D eigenvalue weighted by Gasteiger charge is 2.10. The van der Waals surface area contributed by atoms with Gasteiger partial charge in [-0.3, -0.25) is 0 Å². The van der Waals surface area contributed by atoms with Crippen LogP contribution in [0.3, 0.4) is 0 Å². The van der Waals surface area contributed by atoms with Crippen LogP contribution in [0.25, 0.3) is 0 Å². The molecule has 0 aliphatic carbocycles. The van der Waals surface area contributed by atoms with Crippen molar-refractivity contribution in [3.8, 4) is 0 Å². The van der Waals surface area contributed by atoms with E-state index in [1.165, 1.54) is 16.8 Å². The molecule has 0 spiro atoms. The minimum absolute atomic E-state index is 0.972. The van der Waals surface area contributed by atoms with Gasteiger partial charge in [0.2, 0.25) is 0 Å². The molecule has 1 heteroatoms. The van der Waals surface area contributed by atoms with Crippen LogP contribution in [0.2, 0.25) is 0 Å². The van der Waals surface area contributed by atoms with Gasteiger partial charge in [0.1, 0.15) is 0 Å². The highest BCUT2D eigenvalue weighted by Crippen LogP contribution is 2.17. The lowest BCUT2D eigenvalue weighted by atomic mass is 10.1. The summed E-state index contributed by atoms with van der Waals surface area (Å²) in [6.07, 6.45) is 18.2. The summed E-state index contributed by atoms with van der Waals surface area (Å²) in [6.45, 7) is 12.1. The van der Waals surface area contributed by atoms with Crippen molar-refractivity contribution in [3.05, 3.63) is 72.0 Å². The van der Waals surface area contributed by atoms with E-state index in [1.807, 2.05) is 13.0 Å². The molecule has 0 saturated heterocycles. The summed E-state index contributed by atoms with van der Waals surface area (Å²) in [4.78, 5) is 2.35. The average Bonchev–Trinajstić information content (AvgIpc) is 2.46. The Kier molecular flexibility index (Phi) is 6.73. The summed E-state index contributed by atoms with van der Waals surface area (Å²) in [6, 6.07) is 0. The van der Waals surface area contributed by atoms with Crippen molar-refractivity contribution in [1.82, 2.24) is 4.90 Å². The van der Waals surface area contributed by atoms with Crippen LogP contribution in [0.5, 0.6) is 0 Å². The van der Waals surface area contributed by atoms with Gasteiger partial charge in [-0.1, -0.05) is 49.1 Å². The molecule has 0 N–H and O–H groups in total. The third kappa shape index (κ3) is 4.78. The van der Waals surface area contributed by atoms with E-state index in [2.05, 4.69) is 67.9 Å². The molecule has 1 aliphatic rings. The van der Waals surface area contributed by atoms with E-state index in [1.54, 1.807) is 0 Å². The number of allylic oxidation sites excluding steroid dienone is 8. The maximum absolute atomic E-state index is 3.86. The van der Waals surface area contributed by atoms with E-state index in [0.29, 0.717) is 0 Å².